The maximum atomic E-state index is 13.1. The van der Waals surface area contributed by atoms with Gasteiger partial charge in [-0.25, -0.2) is 0 Å². The lowest BCUT2D eigenvalue weighted by molar-refractivity contribution is -0.141. The third-order valence-corrected chi connectivity index (χ3v) is 6.12. The molecule has 1 saturated heterocycles. The number of carbonyl (C=O) groups excluding carboxylic acids is 5. The van der Waals surface area contributed by atoms with Crippen molar-refractivity contribution in [2.24, 2.45) is 5.73 Å². The Hall–Kier alpha value is -2.98. The number of amides is 4. The second kappa shape index (κ2) is 13.2. The molecule has 0 bridgehead atoms. The van der Waals surface area contributed by atoms with E-state index in [0.717, 1.165) is 5.56 Å². The van der Waals surface area contributed by atoms with Gasteiger partial charge < -0.3 is 26.6 Å². The van der Waals surface area contributed by atoms with Crippen molar-refractivity contribution in [2.75, 3.05) is 12.4 Å². The highest BCUT2D eigenvalue weighted by Gasteiger charge is 2.38. The van der Waals surface area contributed by atoms with Gasteiger partial charge in [0.2, 0.25) is 23.6 Å². The van der Waals surface area contributed by atoms with E-state index in [9.17, 15) is 24.0 Å². The van der Waals surface area contributed by atoms with Gasteiger partial charge in [0.05, 0.1) is 18.0 Å². The Morgan fingerprint density at radius 2 is 1.63 bits per heavy atom. The highest BCUT2D eigenvalue weighted by Crippen LogP contribution is 2.19. The van der Waals surface area contributed by atoms with Gasteiger partial charge in [0.25, 0.3) is 0 Å². The number of nitrogens with one attached hydrogen (secondary N) is 3. The number of alkyl halides is 1. The summed E-state index contributed by atoms with van der Waals surface area (Å²) in [6, 6.07) is 5.09. The Morgan fingerprint density at radius 3 is 2.23 bits per heavy atom. The van der Waals surface area contributed by atoms with Gasteiger partial charge in [-0.15, -0.1) is 11.6 Å². The van der Waals surface area contributed by atoms with E-state index >= 15 is 0 Å². The van der Waals surface area contributed by atoms with Crippen LogP contribution in [0, 0.1) is 0 Å². The molecule has 192 valence electrons. The number of ketones is 1. The van der Waals surface area contributed by atoms with Gasteiger partial charge in [0.1, 0.15) is 18.1 Å². The average Bonchev–Trinajstić information content (AvgIpc) is 3.33. The van der Waals surface area contributed by atoms with Crippen molar-refractivity contribution >= 4 is 41.0 Å². The number of nitrogens with two attached hydrogens (primary N) is 1. The van der Waals surface area contributed by atoms with E-state index in [1.165, 1.54) is 25.7 Å². The third kappa shape index (κ3) is 8.03. The van der Waals surface area contributed by atoms with E-state index in [-0.39, 0.29) is 18.1 Å². The molecule has 0 radical (unpaired) electrons. The lowest BCUT2D eigenvalue weighted by atomic mass is 10.0. The van der Waals surface area contributed by atoms with Crippen LogP contribution >= 0.6 is 11.6 Å². The molecule has 11 heteroatoms. The number of nitrogens with zero attached hydrogens (tertiary/aromatic N) is 1. The molecule has 0 saturated carbocycles. The molecule has 5 atom stereocenters. The summed E-state index contributed by atoms with van der Waals surface area (Å²) < 4.78 is 0. The first kappa shape index (κ1) is 28.3. The number of halogens is 1. The summed E-state index contributed by atoms with van der Waals surface area (Å²) >= 11 is 5.76. The fraction of sp³-hybridized carbons (Fsp3) is 0.542. The molecule has 0 aliphatic carbocycles. The zero-order valence-electron chi connectivity index (χ0n) is 20.3. The minimum absolute atomic E-state index is 0.244. The second-order valence-corrected chi connectivity index (χ2v) is 9.06. The predicted octanol–water partition coefficient (Wildman–Crippen LogP) is -0.131. The van der Waals surface area contributed by atoms with Gasteiger partial charge in [-0.2, -0.15) is 0 Å². The number of hydrogen-bond acceptors (Lipinski definition) is 6. The molecular formula is C24H34ClN5O5. The van der Waals surface area contributed by atoms with E-state index in [0.29, 0.717) is 19.4 Å². The Labute approximate surface area is 210 Å². The van der Waals surface area contributed by atoms with Crippen LogP contribution in [-0.2, 0) is 30.4 Å². The van der Waals surface area contributed by atoms with E-state index in [2.05, 4.69) is 16.0 Å². The highest BCUT2D eigenvalue weighted by molar-refractivity contribution is 6.28. The molecule has 4 amide bonds. The average molecular weight is 508 g/mol. The number of Topliss-reactive ketones (excluding diaryl/α,β-unsaturated/α-hetero) is 1. The summed E-state index contributed by atoms with van der Waals surface area (Å²) in [5.74, 6) is -2.46. The number of rotatable bonds is 11. The van der Waals surface area contributed by atoms with Crippen molar-refractivity contribution in [1.29, 1.82) is 0 Å². The molecule has 10 nitrogen and oxygen atoms in total. The second-order valence-electron chi connectivity index (χ2n) is 8.79. The topological polar surface area (TPSA) is 151 Å². The number of benzene rings is 1. The van der Waals surface area contributed by atoms with Crippen LogP contribution in [0.2, 0.25) is 0 Å². The van der Waals surface area contributed by atoms with Crippen LogP contribution < -0.4 is 21.7 Å². The largest absolute Gasteiger partial charge is 0.344 e. The van der Waals surface area contributed by atoms with Crippen LogP contribution in [0.3, 0.4) is 0 Å². The Kier molecular flexibility index (Phi) is 10.7. The van der Waals surface area contributed by atoms with Gasteiger partial charge in [-0.3, -0.25) is 24.0 Å². The molecule has 0 unspecified atom stereocenters. The van der Waals surface area contributed by atoms with Crippen molar-refractivity contribution in [2.45, 2.75) is 70.2 Å². The smallest absolute Gasteiger partial charge is 0.245 e. The zero-order chi connectivity index (χ0) is 26.1. The Bertz CT molecular complexity index is 926. The van der Waals surface area contributed by atoms with Crippen molar-refractivity contribution < 1.29 is 24.0 Å². The number of hydrogen-bond donors (Lipinski definition) is 4. The van der Waals surface area contributed by atoms with Gasteiger partial charge in [0, 0.05) is 6.54 Å². The lowest BCUT2D eigenvalue weighted by Crippen LogP contribution is -2.57. The maximum absolute atomic E-state index is 13.1. The zero-order valence-corrected chi connectivity index (χ0v) is 21.0. The number of carbonyl (C=O) groups is 5. The molecule has 0 aromatic heterocycles. The van der Waals surface area contributed by atoms with Crippen molar-refractivity contribution in [3.05, 3.63) is 35.9 Å². The fourth-order valence-electron chi connectivity index (χ4n) is 3.82. The summed E-state index contributed by atoms with van der Waals surface area (Å²) in [4.78, 5) is 64.0. The molecule has 1 heterocycles. The first-order valence-electron chi connectivity index (χ1n) is 11.6. The van der Waals surface area contributed by atoms with E-state index < -0.39 is 53.8 Å². The number of likely N-dealkylation sites (tertiary alicyclic amines) is 1. The van der Waals surface area contributed by atoms with Crippen LogP contribution in [0.1, 0.15) is 39.2 Å². The van der Waals surface area contributed by atoms with Crippen LogP contribution in [0.25, 0.3) is 0 Å². The molecular weight excluding hydrogens is 474 g/mol. The van der Waals surface area contributed by atoms with Crippen molar-refractivity contribution in [1.82, 2.24) is 20.9 Å². The van der Waals surface area contributed by atoms with Gasteiger partial charge in [0.15, 0.2) is 5.78 Å². The summed E-state index contributed by atoms with van der Waals surface area (Å²) in [7, 11) is 0. The van der Waals surface area contributed by atoms with Crippen LogP contribution in [-0.4, -0.2) is 76.9 Å². The monoisotopic (exact) mass is 507 g/mol. The first-order valence-corrected chi connectivity index (χ1v) is 12.2. The minimum atomic E-state index is -0.921. The van der Waals surface area contributed by atoms with Crippen LogP contribution in [0.15, 0.2) is 30.3 Å². The molecule has 1 aliphatic heterocycles. The quantitative estimate of drug-likeness (QED) is 0.306. The molecule has 0 spiro atoms. The fourth-order valence-corrected chi connectivity index (χ4v) is 4.00. The first-order chi connectivity index (χ1) is 16.5. The molecule has 35 heavy (non-hydrogen) atoms. The minimum Gasteiger partial charge on any atom is -0.344 e. The summed E-state index contributed by atoms with van der Waals surface area (Å²) in [5, 5.41) is 7.80. The highest BCUT2D eigenvalue weighted by atomic mass is 35.5. The molecule has 5 N–H and O–H groups in total. The van der Waals surface area contributed by atoms with Gasteiger partial charge in [-0.1, -0.05) is 30.3 Å². The maximum Gasteiger partial charge on any atom is 0.245 e. The summed E-state index contributed by atoms with van der Waals surface area (Å²) in [6.07, 6.45) is 1.33. The van der Waals surface area contributed by atoms with E-state index in [1.54, 1.807) is 0 Å². The molecule has 1 aromatic carbocycles. The van der Waals surface area contributed by atoms with E-state index in [1.807, 2.05) is 30.3 Å². The van der Waals surface area contributed by atoms with Crippen LogP contribution in [0.5, 0.6) is 0 Å². The van der Waals surface area contributed by atoms with Crippen molar-refractivity contribution in [3.8, 4) is 0 Å². The van der Waals surface area contributed by atoms with Crippen molar-refractivity contribution in [3.63, 3.8) is 0 Å². The van der Waals surface area contributed by atoms with Crippen LogP contribution in [0.4, 0.5) is 0 Å². The third-order valence-electron chi connectivity index (χ3n) is 5.85. The normalized spacial score (nSPS) is 18.7. The summed E-state index contributed by atoms with van der Waals surface area (Å²) in [6.45, 7) is 4.85. The van der Waals surface area contributed by atoms with Gasteiger partial charge >= 0.3 is 0 Å². The molecule has 1 aromatic rings. The Balaban J connectivity index is 2.01. The lowest BCUT2D eigenvalue weighted by Gasteiger charge is -2.29. The standard InChI is InChI=1S/C24H34ClN5O5/c1-14(26)21(32)27-15(2)22(33)28-16(3)24(35)30-11-7-10-19(30)23(34)29-18(20(31)13-25)12-17-8-5-4-6-9-17/h4-6,8-9,14-16,18-19H,7,10-13,26H2,1-3H3,(H,27,32)(H,28,33)(H,29,34)/t14-,15+,16-,18-,19-/m0/s1. The molecule has 1 fully saturated rings. The Morgan fingerprint density at radius 1 is 1.00 bits per heavy atom. The van der Waals surface area contributed by atoms with Gasteiger partial charge in [-0.05, 0) is 45.6 Å². The molecule has 2 rings (SSSR count). The SMILES string of the molecule is C[C@H](N)C(=O)N[C@H](C)C(=O)N[C@@H](C)C(=O)N1CCC[C@H]1C(=O)N[C@@H](Cc1ccccc1)C(=O)CCl. The molecule has 1 aliphatic rings. The predicted molar refractivity (Wildman–Crippen MR) is 131 cm³/mol. The van der Waals surface area contributed by atoms with E-state index in [4.69, 9.17) is 17.3 Å². The summed E-state index contributed by atoms with van der Waals surface area (Å²) in [5.41, 5.74) is 6.37.